The van der Waals surface area contributed by atoms with Gasteiger partial charge in [0.2, 0.25) is 10.0 Å². The monoisotopic (exact) mass is 409 g/mol. The molecule has 0 aliphatic heterocycles. The van der Waals surface area contributed by atoms with Crippen molar-refractivity contribution in [2.75, 3.05) is 25.9 Å². The van der Waals surface area contributed by atoms with Gasteiger partial charge in [-0.05, 0) is 44.5 Å². The van der Waals surface area contributed by atoms with E-state index in [0.29, 0.717) is 44.0 Å². The first-order chi connectivity index (χ1) is 13.2. The molecule has 0 fully saturated rings. The van der Waals surface area contributed by atoms with Crippen LogP contribution in [0.4, 0.5) is 0 Å². The van der Waals surface area contributed by atoms with Gasteiger partial charge in [-0.15, -0.1) is 0 Å². The van der Waals surface area contributed by atoms with Crippen molar-refractivity contribution in [1.82, 2.24) is 14.8 Å². The number of amides is 1. The van der Waals surface area contributed by atoms with Crippen molar-refractivity contribution in [2.45, 2.75) is 33.8 Å². The van der Waals surface area contributed by atoms with Gasteiger partial charge in [0.15, 0.2) is 0 Å². The SMILES string of the molecule is CCN(CCCNC(=O)c1ccc(OCc2c(C)noc2C)cc1)S(C)(=O)=O. The summed E-state index contributed by atoms with van der Waals surface area (Å²) in [5, 5.41) is 6.68. The molecule has 154 valence electrons. The predicted octanol–water partition coefficient (Wildman–Crippen LogP) is 2.27. The smallest absolute Gasteiger partial charge is 0.251 e. The Kier molecular flexibility index (Phi) is 7.59. The molecule has 0 radical (unpaired) electrons. The summed E-state index contributed by atoms with van der Waals surface area (Å²) in [6.07, 6.45) is 1.73. The van der Waals surface area contributed by atoms with E-state index in [4.69, 9.17) is 9.26 Å². The van der Waals surface area contributed by atoms with Crippen LogP contribution in [0.2, 0.25) is 0 Å². The standard InChI is InChI=1S/C19H27N3O5S/c1-5-22(28(4,24)25)12-6-11-20-19(23)16-7-9-17(10-8-16)26-13-18-14(2)21-27-15(18)3/h7-10H,5-6,11-13H2,1-4H3,(H,20,23). The number of sulfonamides is 1. The Hall–Kier alpha value is -2.39. The summed E-state index contributed by atoms with van der Waals surface area (Å²) in [7, 11) is -3.20. The Morgan fingerprint density at radius 3 is 2.46 bits per heavy atom. The summed E-state index contributed by atoms with van der Waals surface area (Å²) < 4.78 is 35.3. The van der Waals surface area contributed by atoms with Crippen LogP contribution in [-0.2, 0) is 16.6 Å². The maximum absolute atomic E-state index is 12.2. The largest absolute Gasteiger partial charge is 0.489 e. The van der Waals surface area contributed by atoms with Crippen LogP contribution >= 0.6 is 0 Å². The van der Waals surface area contributed by atoms with Gasteiger partial charge in [-0.25, -0.2) is 12.7 Å². The van der Waals surface area contributed by atoms with E-state index >= 15 is 0 Å². The lowest BCUT2D eigenvalue weighted by atomic mass is 10.2. The van der Waals surface area contributed by atoms with Gasteiger partial charge < -0.3 is 14.6 Å². The van der Waals surface area contributed by atoms with E-state index in [2.05, 4.69) is 10.5 Å². The van der Waals surface area contributed by atoms with Crippen LogP contribution in [0.3, 0.4) is 0 Å². The van der Waals surface area contributed by atoms with Crippen LogP contribution in [0, 0.1) is 13.8 Å². The van der Waals surface area contributed by atoms with Gasteiger partial charge in [0.1, 0.15) is 18.1 Å². The number of hydrogen-bond donors (Lipinski definition) is 1. The third kappa shape index (κ3) is 6.07. The van der Waals surface area contributed by atoms with Crippen LogP contribution in [0.15, 0.2) is 28.8 Å². The summed E-state index contributed by atoms with van der Waals surface area (Å²) in [6.45, 7) is 7.03. The summed E-state index contributed by atoms with van der Waals surface area (Å²) >= 11 is 0. The Bertz CT molecular complexity index is 871. The van der Waals surface area contributed by atoms with Crippen molar-refractivity contribution in [3.63, 3.8) is 0 Å². The van der Waals surface area contributed by atoms with Crippen molar-refractivity contribution < 1.29 is 22.5 Å². The Morgan fingerprint density at radius 1 is 1.25 bits per heavy atom. The molecular formula is C19H27N3O5S. The zero-order chi connectivity index (χ0) is 20.7. The minimum absolute atomic E-state index is 0.209. The van der Waals surface area contributed by atoms with Crippen molar-refractivity contribution in [3.05, 3.63) is 46.8 Å². The molecule has 2 rings (SSSR count). The topological polar surface area (TPSA) is 102 Å². The van der Waals surface area contributed by atoms with Crippen molar-refractivity contribution in [2.24, 2.45) is 0 Å². The summed E-state index contributed by atoms with van der Waals surface area (Å²) in [4.78, 5) is 12.2. The third-order valence-corrected chi connectivity index (χ3v) is 5.75. The molecule has 2 aromatic rings. The lowest BCUT2D eigenvalue weighted by molar-refractivity contribution is 0.0952. The summed E-state index contributed by atoms with van der Waals surface area (Å²) in [6, 6.07) is 6.84. The zero-order valence-corrected chi connectivity index (χ0v) is 17.5. The second-order valence-corrected chi connectivity index (χ2v) is 8.46. The van der Waals surface area contributed by atoms with Gasteiger partial charge in [0.25, 0.3) is 5.91 Å². The van der Waals surface area contributed by atoms with Crippen molar-refractivity contribution in [1.29, 1.82) is 0 Å². The normalized spacial score (nSPS) is 11.6. The summed E-state index contributed by atoms with van der Waals surface area (Å²) in [5.74, 6) is 1.16. The molecule has 1 amide bonds. The highest BCUT2D eigenvalue weighted by molar-refractivity contribution is 7.88. The van der Waals surface area contributed by atoms with E-state index in [0.717, 1.165) is 17.0 Å². The van der Waals surface area contributed by atoms with Gasteiger partial charge >= 0.3 is 0 Å². The number of nitrogens with one attached hydrogen (secondary N) is 1. The molecule has 1 heterocycles. The molecule has 0 aliphatic rings. The number of hydrogen-bond acceptors (Lipinski definition) is 6. The molecule has 0 saturated carbocycles. The first-order valence-electron chi connectivity index (χ1n) is 9.10. The van der Waals surface area contributed by atoms with E-state index in [1.807, 2.05) is 13.8 Å². The molecule has 0 atom stereocenters. The Balaban J connectivity index is 1.80. The van der Waals surface area contributed by atoms with Crippen molar-refractivity contribution >= 4 is 15.9 Å². The van der Waals surface area contributed by atoms with E-state index in [1.165, 1.54) is 10.6 Å². The highest BCUT2D eigenvalue weighted by Gasteiger charge is 2.14. The number of nitrogens with zero attached hydrogens (tertiary/aromatic N) is 2. The Labute approximate surface area is 165 Å². The fraction of sp³-hybridized carbons (Fsp3) is 0.474. The minimum atomic E-state index is -3.20. The lowest BCUT2D eigenvalue weighted by Crippen LogP contribution is -2.33. The maximum Gasteiger partial charge on any atom is 0.251 e. The van der Waals surface area contributed by atoms with Gasteiger partial charge in [-0.1, -0.05) is 12.1 Å². The molecular weight excluding hydrogens is 382 g/mol. The van der Waals surface area contributed by atoms with Crippen LogP contribution < -0.4 is 10.1 Å². The number of aromatic nitrogens is 1. The van der Waals surface area contributed by atoms with Gasteiger partial charge in [0, 0.05) is 25.2 Å². The van der Waals surface area contributed by atoms with E-state index < -0.39 is 10.0 Å². The van der Waals surface area contributed by atoms with Crippen molar-refractivity contribution in [3.8, 4) is 5.75 Å². The van der Waals surface area contributed by atoms with E-state index in [9.17, 15) is 13.2 Å². The fourth-order valence-corrected chi connectivity index (χ4v) is 3.61. The number of carbonyl (C=O) groups is 1. The molecule has 28 heavy (non-hydrogen) atoms. The quantitative estimate of drug-likeness (QED) is 0.604. The highest BCUT2D eigenvalue weighted by atomic mass is 32.2. The molecule has 9 heteroatoms. The number of carbonyl (C=O) groups excluding carboxylic acids is 1. The number of benzene rings is 1. The maximum atomic E-state index is 12.2. The second-order valence-electron chi connectivity index (χ2n) is 6.48. The van der Waals surface area contributed by atoms with Gasteiger partial charge in [-0.3, -0.25) is 4.79 Å². The van der Waals surface area contributed by atoms with Crippen LogP contribution in [0.25, 0.3) is 0 Å². The van der Waals surface area contributed by atoms with E-state index in [-0.39, 0.29) is 5.91 Å². The third-order valence-electron chi connectivity index (χ3n) is 4.37. The molecule has 1 aromatic carbocycles. The average Bonchev–Trinajstić information content (AvgIpc) is 2.97. The molecule has 8 nitrogen and oxygen atoms in total. The number of rotatable bonds is 10. The van der Waals surface area contributed by atoms with Crippen LogP contribution in [-0.4, -0.2) is 49.7 Å². The van der Waals surface area contributed by atoms with Gasteiger partial charge in [-0.2, -0.15) is 0 Å². The van der Waals surface area contributed by atoms with Gasteiger partial charge in [0.05, 0.1) is 17.5 Å². The molecule has 1 N–H and O–H groups in total. The zero-order valence-electron chi connectivity index (χ0n) is 16.7. The first kappa shape index (κ1) is 21.9. The second kappa shape index (κ2) is 9.70. The number of ether oxygens (including phenoxy) is 1. The molecule has 0 bridgehead atoms. The average molecular weight is 410 g/mol. The van der Waals surface area contributed by atoms with E-state index in [1.54, 1.807) is 31.2 Å². The Morgan fingerprint density at radius 2 is 1.93 bits per heavy atom. The van der Waals surface area contributed by atoms with Crippen LogP contribution in [0.5, 0.6) is 5.75 Å². The molecule has 0 saturated heterocycles. The molecule has 0 unspecified atom stereocenters. The molecule has 1 aromatic heterocycles. The molecule has 0 aliphatic carbocycles. The summed E-state index contributed by atoms with van der Waals surface area (Å²) in [5.41, 5.74) is 2.23. The first-order valence-corrected chi connectivity index (χ1v) is 10.9. The number of aryl methyl sites for hydroxylation is 2. The predicted molar refractivity (Wildman–Crippen MR) is 106 cm³/mol. The highest BCUT2D eigenvalue weighted by Crippen LogP contribution is 2.18. The van der Waals surface area contributed by atoms with Crippen LogP contribution in [0.1, 0.15) is 40.7 Å². The lowest BCUT2D eigenvalue weighted by Gasteiger charge is -2.17. The fourth-order valence-electron chi connectivity index (χ4n) is 2.68. The molecule has 0 spiro atoms. The minimum Gasteiger partial charge on any atom is -0.489 e.